The van der Waals surface area contributed by atoms with Crippen LogP contribution in [0.1, 0.15) is 0 Å². The van der Waals surface area contributed by atoms with Gasteiger partial charge in [-0.25, -0.2) is 4.98 Å². The smallest absolute Gasteiger partial charge is 0.225 e. The average molecular weight is 433 g/mol. The van der Waals surface area contributed by atoms with Gasteiger partial charge >= 0.3 is 0 Å². The summed E-state index contributed by atoms with van der Waals surface area (Å²) >= 11 is 0. The first kappa shape index (κ1) is 20.6. The zero-order valence-corrected chi connectivity index (χ0v) is 18.4. The van der Waals surface area contributed by atoms with Crippen molar-refractivity contribution in [1.82, 2.24) is 15.6 Å². The topological polar surface area (TPSA) is 75.7 Å². The van der Waals surface area contributed by atoms with E-state index in [9.17, 15) is 4.79 Å². The lowest BCUT2D eigenvalue weighted by Gasteiger charge is -2.22. The van der Waals surface area contributed by atoms with Gasteiger partial charge in [0.1, 0.15) is 18.1 Å². The Balaban J connectivity index is 1.51. The number of hydrogen-bond donors (Lipinski definition) is 2. The second-order valence-corrected chi connectivity index (χ2v) is 8.40. The molecule has 2 unspecified atom stereocenters. The third-order valence-corrected chi connectivity index (χ3v) is 6.42. The Bertz CT molecular complexity index is 1130. The summed E-state index contributed by atoms with van der Waals surface area (Å²) in [5.74, 6) is 2.21. The molecule has 7 heteroatoms. The number of pyridine rings is 1. The van der Waals surface area contributed by atoms with Crippen LogP contribution in [0, 0.1) is 11.8 Å². The Labute approximate surface area is 187 Å². The summed E-state index contributed by atoms with van der Waals surface area (Å²) in [5, 5.41) is 7.14. The van der Waals surface area contributed by atoms with Crippen LogP contribution in [0.4, 0.5) is 5.69 Å². The Kier molecular flexibility index (Phi) is 5.57. The number of carbonyl (C=O) groups is 1. The van der Waals surface area contributed by atoms with Crippen LogP contribution in [0.3, 0.4) is 0 Å². The van der Waals surface area contributed by atoms with E-state index in [-0.39, 0.29) is 11.8 Å². The highest BCUT2D eigenvalue weighted by Gasteiger charge is 2.42. The number of anilines is 1. The van der Waals surface area contributed by atoms with E-state index in [1.54, 1.807) is 7.11 Å². The van der Waals surface area contributed by atoms with Gasteiger partial charge in [0.25, 0.3) is 0 Å². The number of amides is 1. The molecule has 3 aromatic rings. The van der Waals surface area contributed by atoms with Crippen molar-refractivity contribution in [3.63, 3.8) is 0 Å². The van der Waals surface area contributed by atoms with Crippen LogP contribution in [0.25, 0.3) is 22.2 Å². The monoisotopic (exact) mass is 432 g/mol. The lowest BCUT2D eigenvalue weighted by Crippen LogP contribution is -2.28. The molecule has 5 rings (SSSR count). The van der Waals surface area contributed by atoms with Crippen molar-refractivity contribution in [2.75, 3.05) is 51.8 Å². The van der Waals surface area contributed by atoms with Gasteiger partial charge in [-0.3, -0.25) is 4.79 Å². The fourth-order valence-electron chi connectivity index (χ4n) is 4.65. The Hall–Kier alpha value is -3.32. The molecule has 0 saturated carbocycles. The lowest BCUT2D eigenvalue weighted by atomic mass is 10.0. The molecule has 0 bridgehead atoms. The number of nitrogens with one attached hydrogen (secondary N) is 2. The lowest BCUT2D eigenvalue weighted by molar-refractivity contribution is -0.122. The van der Waals surface area contributed by atoms with E-state index >= 15 is 0 Å². The van der Waals surface area contributed by atoms with Crippen LogP contribution in [-0.2, 0) is 4.79 Å². The molecule has 2 aliphatic rings. The van der Waals surface area contributed by atoms with Gasteiger partial charge in [-0.15, -0.1) is 0 Å². The van der Waals surface area contributed by atoms with E-state index in [4.69, 9.17) is 14.5 Å². The van der Waals surface area contributed by atoms with Crippen LogP contribution < -0.4 is 25.0 Å². The van der Waals surface area contributed by atoms with Crippen LogP contribution in [0.2, 0.25) is 0 Å². The third kappa shape index (κ3) is 3.84. The highest BCUT2D eigenvalue weighted by Crippen LogP contribution is 2.38. The predicted molar refractivity (Wildman–Crippen MR) is 125 cm³/mol. The number of benzene rings is 2. The van der Waals surface area contributed by atoms with Gasteiger partial charge in [-0.05, 0) is 49.5 Å². The molecule has 0 aliphatic carbocycles. The standard InChI is InChI=1S/C25H28N4O3/c1-26-9-10-32-18-5-3-16(4-6-18)22-12-24(20-8-7-19(31-2)11-23(20)28-22)29-14-17-13-27-25(30)21(17)15-29/h3-8,11-12,17,21,26H,9-10,13-15H2,1-2H3,(H,27,30). The molecular weight excluding hydrogens is 404 g/mol. The van der Waals surface area contributed by atoms with Gasteiger partial charge in [0.15, 0.2) is 0 Å². The van der Waals surface area contributed by atoms with Gasteiger partial charge in [0.05, 0.1) is 24.2 Å². The Morgan fingerprint density at radius 2 is 1.94 bits per heavy atom. The SMILES string of the molecule is CNCCOc1ccc(-c2cc(N3CC4CNC(=O)C4C3)c3ccc(OC)cc3n2)cc1. The zero-order chi connectivity index (χ0) is 22.1. The van der Waals surface area contributed by atoms with Crippen molar-refractivity contribution in [3.05, 3.63) is 48.5 Å². The number of carbonyl (C=O) groups excluding carboxylic acids is 1. The minimum absolute atomic E-state index is 0.0638. The molecule has 3 heterocycles. The molecule has 1 amide bonds. The van der Waals surface area contributed by atoms with Gasteiger partial charge in [-0.1, -0.05) is 0 Å². The summed E-state index contributed by atoms with van der Waals surface area (Å²) in [6, 6.07) is 16.2. The second-order valence-electron chi connectivity index (χ2n) is 8.40. The third-order valence-electron chi connectivity index (χ3n) is 6.42. The highest BCUT2D eigenvalue weighted by atomic mass is 16.5. The highest BCUT2D eigenvalue weighted by molar-refractivity contribution is 5.96. The second kappa shape index (κ2) is 8.67. The number of rotatable bonds is 7. The largest absolute Gasteiger partial charge is 0.497 e. The Morgan fingerprint density at radius 1 is 1.12 bits per heavy atom. The van der Waals surface area contributed by atoms with E-state index in [2.05, 4.69) is 27.7 Å². The van der Waals surface area contributed by atoms with Crippen molar-refractivity contribution in [2.24, 2.45) is 11.8 Å². The van der Waals surface area contributed by atoms with Crippen LogP contribution in [-0.4, -0.2) is 57.8 Å². The maximum Gasteiger partial charge on any atom is 0.225 e. The minimum atomic E-state index is 0.0638. The zero-order valence-electron chi connectivity index (χ0n) is 18.4. The van der Waals surface area contributed by atoms with E-state index in [0.717, 1.165) is 65.5 Å². The summed E-state index contributed by atoms with van der Waals surface area (Å²) in [7, 11) is 3.57. The maximum absolute atomic E-state index is 12.2. The van der Waals surface area contributed by atoms with Crippen molar-refractivity contribution in [2.45, 2.75) is 0 Å². The Morgan fingerprint density at radius 3 is 2.69 bits per heavy atom. The predicted octanol–water partition coefficient (Wildman–Crippen LogP) is 2.69. The summed E-state index contributed by atoms with van der Waals surface area (Å²) < 4.78 is 11.2. The fraction of sp³-hybridized carbons (Fsp3) is 0.360. The minimum Gasteiger partial charge on any atom is -0.497 e. The van der Waals surface area contributed by atoms with E-state index < -0.39 is 0 Å². The van der Waals surface area contributed by atoms with Crippen molar-refractivity contribution < 1.29 is 14.3 Å². The number of methoxy groups -OCH3 is 1. The van der Waals surface area contributed by atoms with Crippen LogP contribution >= 0.6 is 0 Å². The number of hydrogen-bond acceptors (Lipinski definition) is 6. The van der Waals surface area contributed by atoms with Gasteiger partial charge in [0.2, 0.25) is 5.91 Å². The molecule has 2 fully saturated rings. The van der Waals surface area contributed by atoms with Crippen molar-refractivity contribution >= 4 is 22.5 Å². The first-order chi connectivity index (χ1) is 15.7. The first-order valence-electron chi connectivity index (χ1n) is 11.1. The van der Waals surface area contributed by atoms with E-state index in [1.807, 2.05) is 43.4 Å². The van der Waals surface area contributed by atoms with E-state index in [0.29, 0.717) is 12.5 Å². The van der Waals surface area contributed by atoms with Crippen LogP contribution in [0.5, 0.6) is 11.5 Å². The number of ether oxygens (including phenoxy) is 2. The molecule has 7 nitrogen and oxygen atoms in total. The average Bonchev–Trinajstić information content (AvgIpc) is 3.40. The molecule has 166 valence electrons. The fourth-order valence-corrected chi connectivity index (χ4v) is 4.65. The molecule has 1 aromatic heterocycles. The number of likely N-dealkylation sites (N-methyl/N-ethyl adjacent to an activating group) is 1. The summed E-state index contributed by atoms with van der Waals surface area (Å²) in [5.41, 5.74) is 3.91. The van der Waals surface area contributed by atoms with Gasteiger partial charge in [0, 0.05) is 54.8 Å². The summed E-state index contributed by atoms with van der Waals surface area (Å²) in [6.07, 6.45) is 0. The van der Waals surface area contributed by atoms with Crippen LogP contribution in [0.15, 0.2) is 48.5 Å². The molecule has 2 aromatic carbocycles. The van der Waals surface area contributed by atoms with Crippen molar-refractivity contribution in [1.29, 1.82) is 0 Å². The molecule has 2 saturated heterocycles. The molecule has 32 heavy (non-hydrogen) atoms. The number of fused-ring (bicyclic) bond motifs is 2. The first-order valence-corrected chi connectivity index (χ1v) is 11.1. The number of nitrogens with zero attached hydrogens (tertiary/aromatic N) is 2. The normalized spacial score (nSPS) is 19.8. The summed E-state index contributed by atoms with van der Waals surface area (Å²) in [4.78, 5) is 19.5. The summed E-state index contributed by atoms with van der Waals surface area (Å²) in [6.45, 7) is 3.79. The van der Waals surface area contributed by atoms with Gasteiger partial charge < -0.3 is 25.0 Å². The molecule has 0 spiro atoms. The maximum atomic E-state index is 12.2. The molecule has 2 aliphatic heterocycles. The molecule has 2 atom stereocenters. The molecular formula is C25H28N4O3. The molecule has 0 radical (unpaired) electrons. The van der Waals surface area contributed by atoms with Crippen molar-refractivity contribution in [3.8, 4) is 22.8 Å². The number of aromatic nitrogens is 1. The quantitative estimate of drug-likeness (QED) is 0.559. The molecule has 2 N–H and O–H groups in total. The van der Waals surface area contributed by atoms with E-state index in [1.165, 1.54) is 0 Å². The van der Waals surface area contributed by atoms with Gasteiger partial charge in [-0.2, -0.15) is 0 Å².